The van der Waals surface area contributed by atoms with Gasteiger partial charge in [-0.2, -0.15) is 0 Å². The summed E-state index contributed by atoms with van der Waals surface area (Å²) in [6.45, 7) is 5.38. The summed E-state index contributed by atoms with van der Waals surface area (Å²) in [5.74, 6) is 0.610. The zero-order valence-corrected chi connectivity index (χ0v) is 15.1. The fraction of sp³-hybridized carbons (Fsp3) is 0.300. The predicted molar refractivity (Wildman–Crippen MR) is 101 cm³/mol. The molecule has 136 valence electrons. The van der Waals surface area contributed by atoms with Crippen molar-refractivity contribution in [3.8, 4) is 5.75 Å². The fourth-order valence-electron chi connectivity index (χ4n) is 2.65. The number of amides is 1. The number of benzene rings is 1. The summed E-state index contributed by atoms with van der Waals surface area (Å²) in [5, 5.41) is 2.90. The number of carbonyl (C=O) groups excluding carboxylic acids is 1. The highest BCUT2D eigenvalue weighted by atomic mass is 16.5. The van der Waals surface area contributed by atoms with Gasteiger partial charge in [-0.25, -0.2) is 4.98 Å². The third kappa shape index (κ3) is 4.03. The first-order chi connectivity index (χ1) is 12.6. The number of nitrogens with two attached hydrogens (primary N) is 1. The quantitative estimate of drug-likeness (QED) is 0.685. The summed E-state index contributed by atoms with van der Waals surface area (Å²) in [7, 11) is 0. The number of para-hydroxylation sites is 1. The molecule has 0 fully saturated rings. The Bertz CT molecular complexity index is 904. The minimum absolute atomic E-state index is 0.160. The lowest BCUT2D eigenvalue weighted by Gasteiger charge is -2.13. The third-order valence-corrected chi connectivity index (χ3v) is 4.25. The maximum Gasteiger partial charge on any atom is 0.255 e. The number of hydrogen-bond acceptors (Lipinski definition) is 4. The number of nitrogens with zero attached hydrogens (tertiary/aromatic N) is 2. The molecule has 1 atom stereocenters. The lowest BCUT2D eigenvalue weighted by Crippen LogP contribution is -2.31. The van der Waals surface area contributed by atoms with Crippen LogP contribution >= 0.6 is 0 Å². The van der Waals surface area contributed by atoms with E-state index in [0.29, 0.717) is 31.0 Å². The fourth-order valence-corrected chi connectivity index (χ4v) is 2.65. The van der Waals surface area contributed by atoms with Gasteiger partial charge in [-0.05, 0) is 43.1 Å². The molecule has 0 aliphatic carbocycles. The molecule has 1 aromatic carbocycles. The molecule has 1 unspecified atom stereocenters. The number of hydrogen-bond donors (Lipinski definition) is 2. The van der Waals surface area contributed by atoms with Gasteiger partial charge in [0, 0.05) is 18.9 Å². The van der Waals surface area contributed by atoms with Crippen molar-refractivity contribution in [1.29, 1.82) is 0 Å². The number of ether oxygens (including phenoxy) is 1. The van der Waals surface area contributed by atoms with Crippen LogP contribution in [0.15, 0.2) is 48.8 Å². The highest BCUT2D eigenvalue weighted by Crippen LogP contribution is 2.20. The molecule has 0 spiro atoms. The minimum atomic E-state index is -0.160. The van der Waals surface area contributed by atoms with E-state index in [2.05, 4.69) is 10.3 Å². The zero-order valence-electron chi connectivity index (χ0n) is 15.1. The maximum atomic E-state index is 12.4. The standard InChI is InChI=1S/C20H24N4O2/c1-14(10-21)11-22-20(25)17-7-3-4-8-18(17)26-13-16-12-24-9-5-6-15(2)19(24)23-16/h3-9,12,14H,10-11,13,21H2,1-2H3,(H,22,25). The summed E-state index contributed by atoms with van der Waals surface area (Å²) >= 11 is 0. The van der Waals surface area contributed by atoms with Crippen LogP contribution in [-0.4, -0.2) is 28.4 Å². The van der Waals surface area contributed by atoms with E-state index in [0.717, 1.165) is 16.9 Å². The molecule has 0 aliphatic heterocycles. The molecule has 3 aromatic rings. The van der Waals surface area contributed by atoms with Crippen molar-refractivity contribution >= 4 is 11.6 Å². The molecule has 3 rings (SSSR count). The van der Waals surface area contributed by atoms with Gasteiger partial charge in [0.15, 0.2) is 0 Å². The number of fused-ring (bicyclic) bond motifs is 1. The summed E-state index contributed by atoms with van der Waals surface area (Å²) < 4.78 is 7.86. The third-order valence-electron chi connectivity index (χ3n) is 4.25. The van der Waals surface area contributed by atoms with E-state index in [9.17, 15) is 4.79 Å². The Morgan fingerprint density at radius 2 is 2.12 bits per heavy atom. The Morgan fingerprint density at radius 3 is 2.88 bits per heavy atom. The summed E-state index contributed by atoms with van der Waals surface area (Å²) in [4.78, 5) is 17.0. The molecule has 0 radical (unpaired) electrons. The van der Waals surface area contributed by atoms with Crippen molar-refractivity contribution in [2.75, 3.05) is 13.1 Å². The SMILES string of the molecule is Cc1cccn2cc(COc3ccccc3C(=O)NCC(C)CN)nc12. The van der Waals surface area contributed by atoms with Gasteiger partial charge in [0.25, 0.3) is 5.91 Å². The van der Waals surface area contributed by atoms with Crippen LogP contribution in [0.5, 0.6) is 5.75 Å². The van der Waals surface area contributed by atoms with Crippen molar-refractivity contribution in [3.05, 3.63) is 65.6 Å². The van der Waals surface area contributed by atoms with Crippen molar-refractivity contribution in [2.24, 2.45) is 11.7 Å². The Kier molecular flexibility index (Phi) is 5.53. The van der Waals surface area contributed by atoms with Crippen LogP contribution in [0.2, 0.25) is 0 Å². The van der Waals surface area contributed by atoms with Gasteiger partial charge in [-0.3, -0.25) is 4.79 Å². The van der Waals surface area contributed by atoms with Gasteiger partial charge < -0.3 is 20.2 Å². The smallest absolute Gasteiger partial charge is 0.255 e. The van der Waals surface area contributed by atoms with Crippen LogP contribution < -0.4 is 15.8 Å². The molecule has 26 heavy (non-hydrogen) atoms. The number of carbonyl (C=O) groups is 1. The first kappa shape index (κ1) is 17.9. The summed E-state index contributed by atoms with van der Waals surface area (Å²) in [6.07, 6.45) is 3.90. The Hall–Kier alpha value is -2.86. The van der Waals surface area contributed by atoms with Crippen LogP contribution in [0.3, 0.4) is 0 Å². The maximum absolute atomic E-state index is 12.4. The van der Waals surface area contributed by atoms with Crippen molar-refractivity contribution < 1.29 is 9.53 Å². The Labute approximate surface area is 153 Å². The van der Waals surface area contributed by atoms with Gasteiger partial charge in [-0.15, -0.1) is 0 Å². The van der Waals surface area contributed by atoms with Crippen LogP contribution in [0, 0.1) is 12.8 Å². The lowest BCUT2D eigenvalue weighted by molar-refractivity contribution is 0.0944. The second-order valence-corrected chi connectivity index (χ2v) is 6.49. The van der Waals surface area contributed by atoms with Crippen LogP contribution in [-0.2, 0) is 6.61 Å². The highest BCUT2D eigenvalue weighted by molar-refractivity contribution is 5.96. The van der Waals surface area contributed by atoms with Gasteiger partial charge in [-0.1, -0.05) is 25.1 Å². The molecular formula is C20H24N4O2. The van der Waals surface area contributed by atoms with E-state index in [1.807, 2.05) is 54.9 Å². The molecule has 6 heteroatoms. The average molecular weight is 352 g/mol. The first-order valence-corrected chi connectivity index (χ1v) is 8.71. The number of imidazole rings is 1. The number of aryl methyl sites for hydroxylation is 1. The Morgan fingerprint density at radius 1 is 1.31 bits per heavy atom. The van der Waals surface area contributed by atoms with E-state index in [-0.39, 0.29) is 11.8 Å². The molecule has 1 amide bonds. The summed E-state index contributed by atoms with van der Waals surface area (Å²) in [5.41, 5.74) is 8.93. The van der Waals surface area contributed by atoms with Gasteiger partial charge in [0.2, 0.25) is 0 Å². The van der Waals surface area contributed by atoms with E-state index in [1.165, 1.54) is 0 Å². The molecule has 2 aromatic heterocycles. The second-order valence-electron chi connectivity index (χ2n) is 6.49. The number of aromatic nitrogens is 2. The normalized spacial score (nSPS) is 12.1. The molecule has 0 aliphatic rings. The van der Waals surface area contributed by atoms with Crippen molar-refractivity contribution in [2.45, 2.75) is 20.5 Å². The first-order valence-electron chi connectivity index (χ1n) is 8.71. The lowest BCUT2D eigenvalue weighted by atomic mass is 10.1. The molecule has 0 saturated carbocycles. The Balaban J connectivity index is 1.71. The molecule has 0 saturated heterocycles. The second kappa shape index (κ2) is 8.01. The largest absolute Gasteiger partial charge is 0.486 e. The molecule has 6 nitrogen and oxygen atoms in total. The van der Waals surface area contributed by atoms with Crippen molar-refractivity contribution in [3.63, 3.8) is 0 Å². The number of pyridine rings is 1. The van der Waals surface area contributed by atoms with Crippen LogP contribution in [0.1, 0.15) is 28.5 Å². The number of nitrogens with one attached hydrogen (secondary N) is 1. The van der Waals surface area contributed by atoms with E-state index >= 15 is 0 Å². The molecule has 3 N–H and O–H groups in total. The van der Waals surface area contributed by atoms with E-state index in [1.54, 1.807) is 12.1 Å². The highest BCUT2D eigenvalue weighted by Gasteiger charge is 2.13. The molecular weight excluding hydrogens is 328 g/mol. The predicted octanol–water partition coefficient (Wildman–Crippen LogP) is 2.55. The van der Waals surface area contributed by atoms with Crippen molar-refractivity contribution in [1.82, 2.24) is 14.7 Å². The molecule has 2 heterocycles. The monoisotopic (exact) mass is 352 g/mol. The van der Waals surface area contributed by atoms with Gasteiger partial charge >= 0.3 is 0 Å². The zero-order chi connectivity index (χ0) is 18.5. The molecule has 0 bridgehead atoms. The van der Waals surface area contributed by atoms with Gasteiger partial charge in [0.1, 0.15) is 18.0 Å². The topological polar surface area (TPSA) is 81.7 Å². The minimum Gasteiger partial charge on any atom is -0.486 e. The van der Waals surface area contributed by atoms with E-state index < -0.39 is 0 Å². The van der Waals surface area contributed by atoms with Gasteiger partial charge in [0.05, 0.1) is 11.3 Å². The van der Waals surface area contributed by atoms with Crippen LogP contribution in [0.25, 0.3) is 5.65 Å². The average Bonchev–Trinajstić information content (AvgIpc) is 3.09. The summed E-state index contributed by atoms with van der Waals surface area (Å²) in [6, 6.07) is 11.2. The van der Waals surface area contributed by atoms with Crippen LogP contribution in [0.4, 0.5) is 0 Å². The number of rotatable bonds is 7. The van der Waals surface area contributed by atoms with E-state index in [4.69, 9.17) is 10.5 Å².